The number of hydrogen-bond acceptors (Lipinski definition) is 0. The van der Waals surface area contributed by atoms with Crippen LogP contribution in [0.2, 0.25) is 5.02 Å². The molecule has 11 heavy (non-hydrogen) atoms. The van der Waals surface area contributed by atoms with Gasteiger partial charge >= 0.3 is 0 Å². The summed E-state index contributed by atoms with van der Waals surface area (Å²) in [6, 6.07) is 4.02. The van der Waals surface area contributed by atoms with Crippen LogP contribution in [0.3, 0.4) is 0 Å². The van der Waals surface area contributed by atoms with Crippen molar-refractivity contribution in [1.29, 1.82) is 0 Å². The summed E-state index contributed by atoms with van der Waals surface area (Å²) in [5, 5.41) is 0.806. The van der Waals surface area contributed by atoms with Gasteiger partial charge in [-0.15, -0.1) is 11.6 Å². The molecule has 0 nitrogen and oxygen atoms in total. The Bertz CT molecular complexity index is 267. The van der Waals surface area contributed by atoms with Crippen molar-refractivity contribution in [2.75, 3.05) is 0 Å². The zero-order valence-electron chi connectivity index (χ0n) is 6.62. The predicted molar refractivity (Wildman–Crippen MR) is 50.5 cm³/mol. The first-order valence-corrected chi connectivity index (χ1v) is 4.38. The van der Waals surface area contributed by atoms with Crippen molar-refractivity contribution in [1.82, 2.24) is 0 Å². The molecule has 2 heteroatoms. The zero-order valence-corrected chi connectivity index (χ0v) is 8.13. The molecule has 1 rings (SSSR count). The molecule has 1 aromatic carbocycles. The van der Waals surface area contributed by atoms with Crippen molar-refractivity contribution in [3.8, 4) is 0 Å². The van der Waals surface area contributed by atoms with Gasteiger partial charge in [-0.3, -0.25) is 0 Å². The highest BCUT2D eigenvalue weighted by Gasteiger charge is 2.01. The molecule has 0 bridgehead atoms. The van der Waals surface area contributed by atoms with Crippen LogP contribution in [0.5, 0.6) is 0 Å². The normalized spacial score (nSPS) is 10.2. The molecule has 0 aliphatic carbocycles. The van der Waals surface area contributed by atoms with Gasteiger partial charge in [-0.1, -0.05) is 17.7 Å². The van der Waals surface area contributed by atoms with Crippen LogP contribution >= 0.6 is 23.2 Å². The fourth-order valence-electron chi connectivity index (χ4n) is 1.03. The van der Waals surface area contributed by atoms with Crippen LogP contribution in [0.1, 0.15) is 16.7 Å². The molecule has 0 aromatic heterocycles. The van der Waals surface area contributed by atoms with Crippen molar-refractivity contribution in [2.45, 2.75) is 19.7 Å². The lowest BCUT2D eigenvalue weighted by atomic mass is 10.1. The van der Waals surface area contributed by atoms with Gasteiger partial charge < -0.3 is 0 Å². The smallest absolute Gasteiger partial charge is 0.0477 e. The van der Waals surface area contributed by atoms with Crippen molar-refractivity contribution in [3.05, 3.63) is 33.8 Å². The first-order valence-electron chi connectivity index (χ1n) is 3.46. The van der Waals surface area contributed by atoms with Gasteiger partial charge in [0, 0.05) is 10.9 Å². The highest BCUT2D eigenvalue weighted by molar-refractivity contribution is 6.31. The third-order valence-electron chi connectivity index (χ3n) is 1.74. The lowest BCUT2D eigenvalue weighted by molar-refractivity contribution is 1.27. The molecule has 60 valence electrons. The Balaban J connectivity index is 3.24. The van der Waals surface area contributed by atoms with Crippen LogP contribution < -0.4 is 0 Å². The molecule has 0 heterocycles. The standard InChI is InChI=1S/C9H10Cl2/c1-6-3-8(5-10)7(2)9(11)4-6/h3-4H,5H2,1-2H3. The van der Waals surface area contributed by atoms with E-state index in [1.54, 1.807) is 0 Å². The SMILES string of the molecule is Cc1cc(Cl)c(C)c(CCl)c1. The maximum absolute atomic E-state index is 5.94. The van der Waals surface area contributed by atoms with E-state index in [-0.39, 0.29) is 0 Å². The average Bonchev–Trinajstić information content (AvgIpc) is 1.96. The summed E-state index contributed by atoms with van der Waals surface area (Å²) >= 11 is 11.7. The first-order chi connectivity index (χ1) is 5.15. The molecule has 0 spiro atoms. The van der Waals surface area contributed by atoms with E-state index in [1.807, 2.05) is 19.9 Å². The van der Waals surface area contributed by atoms with Crippen molar-refractivity contribution >= 4 is 23.2 Å². The van der Waals surface area contributed by atoms with Crippen LogP contribution in [0.15, 0.2) is 12.1 Å². The topological polar surface area (TPSA) is 0 Å². The Morgan fingerprint density at radius 3 is 2.45 bits per heavy atom. The van der Waals surface area contributed by atoms with Gasteiger partial charge in [0.2, 0.25) is 0 Å². The number of alkyl halides is 1. The molecule has 0 radical (unpaired) electrons. The summed E-state index contributed by atoms with van der Waals surface area (Å²) in [6.07, 6.45) is 0. The Kier molecular flexibility index (Phi) is 2.80. The van der Waals surface area contributed by atoms with Gasteiger partial charge in [0.15, 0.2) is 0 Å². The summed E-state index contributed by atoms with van der Waals surface area (Å²) in [5.41, 5.74) is 3.38. The third kappa shape index (κ3) is 1.88. The molecule has 1 aromatic rings. The quantitative estimate of drug-likeness (QED) is 0.591. The minimum atomic E-state index is 0.535. The Morgan fingerprint density at radius 1 is 1.27 bits per heavy atom. The minimum Gasteiger partial charge on any atom is -0.122 e. The van der Waals surface area contributed by atoms with Gasteiger partial charge in [-0.2, -0.15) is 0 Å². The fraction of sp³-hybridized carbons (Fsp3) is 0.333. The second-order valence-electron chi connectivity index (χ2n) is 2.66. The summed E-state index contributed by atoms with van der Waals surface area (Å²) in [4.78, 5) is 0. The Labute approximate surface area is 77.1 Å². The van der Waals surface area contributed by atoms with Crippen LogP contribution in [-0.2, 0) is 5.88 Å². The van der Waals surface area contributed by atoms with Crippen LogP contribution in [0.25, 0.3) is 0 Å². The molecule has 0 amide bonds. The van der Waals surface area contributed by atoms with Crippen molar-refractivity contribution in [3.63, 3.8) is 0 Å². The second kappa shape index (κ2) is 3.46. The molecule has 0 fully saturated rings. The van der Waals surface area contributed by atoms with Crippen LogP contribution in [0, 0.1) is 13.8 Å². The molecular formula is C9H10Cl2. The predicted octanol–water partition coefficient (Wildman–Crippen LogP) is 3.70. The average molecular weight is 189 g/mol. The maximum Gasteiger partial charge on any atom is 0.0477 e. The molecule has 0 atom stereocenters. The van der Waals surface area contributed by atoms with Crippen LogP contribution in [0.4, 0.5) is 0 Å². The number of hydrogen-bond donors (Lipinski definition) is 0. The van der Waals surface area contributed by atoms with E-state index in [1.165, 1.54) is 0 Å². The minimum absolute atomic E-state index is 0.535. The molecule has 0 saturated carbocycles. The summed E-state index contributed by atoms with van der Waals surface area (Å²) in [7, 11) is 0. The number of benzene rings is 1. The van der Waals surface area contributed by atoms with E-state index in [4.69, 9.17) is 23.2 Å². The highest BCUT2D eigenvalue weighted by atomic mass is 35.5. The van der Waals surface area contributed by atoms with E-state index in [0.29, 0.717) is 5.88 Å². The molecule has 0 N–H and O–H groups in total. The molecular weight excluding hydrogens is 179 g/mol. The molecule has 0 aliphatic rings. The molecule has 0 saturated heterocycles. The van der Waals surface area contributed by atoms with Crippen molar-refractivity contribution in [2.24, 2.45) is 0 Å². The van der Waals surface area contributed by atoms with E-state index in [0.717, 1.165) is 21.7 Å². The van der Waals surface area contributed by atoms with Gasteiger partial charge in [0.1, 0.15) is 0 Å². The van der Waals surface area contributed by atoms with E-state index in [9.17, 15) is 0 Å². The van der Waals surface area contributed by atoms with E-state index < -0.39 is 0 Å². The zero-order chi connectivity index (χ0) is 8.43. The fourth-order valence-corrected chi connectivity index (χ4v) is 1.60. The first kappa shape index (κ1) is 8.89. The number of halogens is 2. The largest absolute Gasteiger partial charge is 0.122 e. The Hall–Kier alpha value is -0.200. The number of rotatable bonds is 1. The lowest BCUT2D eigenvalue weighted by Gasteiger charge is -2.05. The van der Waals surface area contributed by atoms with Gasteiger partial charge in [0.05, 0.1) is 0 Å². The Morgan fingerprint density at radius 2 is 1.91 bits per heavy atom. The van der Waals surface area contributed by atoms with Crippen molar-refractivity contribution < 1.29 is 0 Å². The monoisotopic (exact) mass is 188 g/mol. The lowest BCUT2D eigenvalue weighted by Crippen LogP contribution is -1.87. The summed E-state index contributed by atoms with van der Waals surface area (Å²) in [6.45, 7) is 4.00. The van der Waals surface area contributed by atoms with E-state index >= 15 is 0 Å². The summed E-state index contributed by atoms with van der Waals surface area (Å²) < 4.78 is 0. The van der Waals surface area contributed by atoms with Gasteiger partial charge in [-0.05, 0) is 36.6 Å². The molecule has 0 aliphatic heterocycles. The highest BCUT2D eigenvalue weighted by Crippen LogP contribution is 2.22. The third-order valence-corrected chi connectivity index (χ3v) is 2.42. The van der Waals surface area contributed by atoms with Crippen LogP contribution in [-0.4, -0.2) is 0 Å². The maximum atomic E-state index is 5.94. The van der Waals surface area contributed by atoms with E-state index in [2.05, 4.69) is 6.07 Å². The number of aryl methyl sites for hydroxylation is 1. The second-order valence-corrected chi connectivity index (χ2v) is 3.34. The summed E-state index contributed by atoms with van der Waals surface area (Å²) in [5.74, 6) is 0.535. The van der Waals surface area contributed by atoms with Gasteiger partial charge in [0.25, 0.3) is 0 Å². The van der Waals surface area contributed by atoms with Gasteiger partial charge in [-0.25, -0.2) is 0 Å². The molecule has 0 unspecified atom stereocenters.